The smallest absolute Gasteiger partial charge is 0.136 e. The molecule has 0 fully saturated rings. The Hall–Kier alpha value is -0.740. The van der Waals surface area contributed by atoms with Gasteiger partial charge in [0, 0.05) is 11.3 Å². The molecular formula is C11H16O. The molecule has 0 radical (unpaired) electrons. The molecule has 12 heavy (non-hydrogen) atoms. The zero-order chi connectivity index (χ0) is 9.41. The highest BCUT2D eigenvalue weighted by atomic mass is 16.3. The zero-order valence-corrected chi connectivity index (χ0v) is 7.96. The second-order valence-corrected chi connectivity index (χ2v) is 4.17. The third-order valence-electron chi connectivity index (χ3n) is 2.94. The van der Waals surface area contributed by atoms with E-state index in [-0.39, 0.29) is 11.3 Å². The highest BCUT2D eigenvalue weighted by molar-refractivity contribution is 5.25. The van der Waals surface area contributed by atoms with Crippen LogP contribution in [0.1, 0.15) is 27.2 Å². The number of hydrogen-bond donors (Lipinski definition) is 1. The van der Waals surface area contributed by atoms with E-state index < -0.39 is 5.60 Å². The summed E-state index contributed by atoms with van der Waals surface area (Å²) in [5.41, 5.74) is -1.29. The van der Waals surface area contributed by atoms with Gasteiger partial charge in [0.05, 0.1) is 0 Å². The van der Waals surface area contributed by atoms with Gasteiger partial charge in [-0.05, 0) is 6.42 Å². The highest BCUT2D eigenvalue weighted by Gasteiger charge is 2.46. The van der Waals surface area contributed by atoms with Gasteiger partial charge in [0.2, 0.25) is 0 Å². The van der Waals surface area contributed by atoms with Gasteiger partial charge in [-0.3, -0.25) is 0 Å². The molecule has 0 amide bonds. The summed E-state index contributed by atoms with van der Waals surface area (Å²) in [5, 5.41) is 10.2. The van der Waals surface area contributed by atoms with Crippen molar-refractivity contribution >= 4 is 0 Å². The van der Waals surface area contributed by atoms with Crippen LogP contribution in [0.2, 0.25) is 0 Å². The first-order valence-corrected chi connectivity index (χ1v) is 4.32. The highest BCUT2D eigenvalue weighted by Crippen LogP contribution is 2.42. The van der Waals surface area contributed by atoms with E-state index in [9.17, 15) is 5.11 Å². The van der Waals surface area contributed by atoms with Crippen molar-refractivity contribution < 1.29 is 5.11 Å². The lowest BCUT2D eigenvalue weighted by molar-refractivity contribution is -0.0389. The van der Waals surface area contributed by atoms with Crippen molar-refractivity contribution in [2.75, 3.05) is 0 Å². The molecule has 0 spiro atoms. The number of rotatable bonds is 0. The third kappa shape index (κ3) is 1.07. The van der Waals surface area contributed by atoms with E-state index in [1.165, 1.54) is 0 Å². The second-order valence-electron chi connectivity index (χ2n) is 4.17. The molecule has 0 saturated carbocycles. The summed E-state index contributed by atoms with van der Waals surface area (Å²) in [6.07, 6.45) is 10.3. The van der Waals surface area contributed by atoms with Gasteiger partial charge in [0.1, 0.15) is 5.60 Å². The van der Waals surface area contributed by atoms with Crippen LogP contribution >= 0.6 is 0 Å². The predicted octanol–water partition coefficient (Wildman–Crippen LogP) is 1.97. The van der Waals surface area contributed by atoms with Gasteiger partial charge in [-0.2, -0.15) is 0 Å². The molecule has 0 heterocycles. The van der Waals surface area contributed by atoms with Crippen molar-refractivity contribution in [3.05, 3.63) is 12.2 Å². The first kappa shape index (κ1) is 9.35. The van der Waals surface area contributed by atoms with Crippen molar-refractivity contribution in [3.8, 4) is 12.3 Å². The average molecular weight is 164 g/mol. The second kappa shape index (κ2) is 2.64. The molecule has 0 aromatic heterocycles. The summed E-state index contributed by atoms with van der Waals surface area (Å²) < 4.78 is 0. The van der Waals surface area contributed by atoms with Crippen molar-refractivity contribution in [1.82, 2.24) is 0 Å². The lowest BCUT2D eigenvalue weighted by atomic mass is 9.64. The van der Waals surface area contributed by atoms with E-state index in [0.29, 0.717) is 0 Å². The van der Waals surface area contributed by atoms with Crippen LogP contribution in [0.15, 0.2) is 12.2 Å². The molecule has 1 rings (SSSR count). The normalized spacial score (nSPS) is 39.1. The minimum absolute atomic E-state index is 0.141. The fraction of sp³-hybridized carbons (Fsp3) is 0.636. The summed E-state index contributed by atoms with van der Waals surface area (Å²) in [4.78, 5) is 0. The quantitative estimate of drug-likeness (QED) is 0.428. The van der Waals surface area contributed by atoms with Crippen molar-refractivity contribution in [3.63, 3.8) is 0 Å². The molecule has 0 saturated heterocycles. The molecule has 66 valence electrons. The molecule has 1 heteroatoms. The van der Waals surface area contributed by atoms with E-state index in [4.69, 9.17) is 6.42 Å². The largest absolute Gasteiger partial charge is 0.376 e. The lowest BCUT2D eigenvalue weighted by Crippen LogP contribution is -2.49. The fourth-order valence-corrected chi connectivity index (χ4v) is 1.83. The Bertz CT molecular complexity index is 244. The van der Waals surface area contributed by atoms with Crippen LogP contribution in [-0.2, 0) is 0 Å². The Balaban J connectivity index is 3.12. The van der Waals surface area contributed by atoms with Crippen LogP contribution < -0.4 is 0 Å². The Labute approximate surface area is 74.5 Å². The number of terminal acetylenes is 1. The van der Waals surface area contributed by atoms with Gasteiger partial charge in [-0.1, -0.05) is 38.8 Å². The van der Waals surface area contributed by atoms with Crippen LogP contribution in [0.5, 0.6) is 0 Å². The van der Waals surface area contributed by atoms with E-state index in [0.717, 1.165) is 6.42 Å². The maximum absolute atomic E-state index is 10.2. The van der Waals surface area contributed by atoms with Gasteiger partial charge >= 0.3 is 0 Å². The van der Waals surface area contributed by atoms with Crippen molar-refractivity contribution in [1.29, 1.82) is 0 Å². The van der Waals surface area contributed by atoms with Gasteiger partial charge in [-0.15, -0.1) is 6.42 Å². The van der Waals surface area contributed by atoms with Gasteiger partial charge in [-0.25, -0.2) is 0 Å². The summed E-state index contributed by atoms with van der Waals surface area (Å²) >= 11 is 0. The molecule has 1 N–H and O–H groups in total. The number of allylic oxidation sites excluding steroid dienone is 1. The lowest BCUT2D eigenvalue weighted by Gasteiger charge is -2.43. The standard InChI is InChI=1S/C11H16O/c1-5-11(12)9(2)7-6-8-10(11,3)4/h1,6,8-9,12H,7H2,2-4H3. The minimum Gasteiger partial charge on any atom is -0.376 e. The molecule has 1 nitrogen and oxygen atoms in total. The minimum atomic E-state index is -0.984. The maximum Gasteiger partial charge on any atom is 0.136 e. The molecule has 2 atom stereocenters. The number of aliphatic hydroxyl groups is 1. The van der Waals surface area contributed by atoms with E-state index in [1.54, 1.807) is 0 Å². The SMILES string of the molecule is C#CC1(O)C(C)CC=CC1(C)C. The molecule has 0 aromatic rings. The van der Waals surface area contributed by atoms with Crippen LogP contribution in [0.3, 0.4) is 0 Å². The molecular weight excluding hydrogens is 148 g/mol. The Morgan fingerprint density at radius 1 is 1.58 bits per heavy atom. The molecule has 1 aliphatic rings. The van der Waals surface area contributed by atoms with E-state index in [1.807, 2.05) is 26.8 Å². The van der Waals surface area contributed by atoms with E-state index >= 15 is 0 Å². The molecule has 0 aliphatic heterocycles. The molecule has 1 aliphatic carbocycles. The predicted molar refractivity (Wildman–Crippen MR) is 50.5 cm³/mol. The summed E-state index contributed by atoms with van der Waals surface area (Å²) in [6, 6.07) is 0. The average Bonchev–Trinajstić information content (AvgIpc) is 2.00. The Kier molecular flexibility index (Phi) is 2.06. The molecule has 0 aromatic carbocycles. The van der Waals surface area contributed by atoms with Crippen LogP contribution in [0, 0.1) is 23.7 Å². The maximum atomic E-state index is 10.2. The fourth-order valence-electron chi connectivity index (χ4n) is 1.83. The van der Waals surface area contributed by atoms with Crippen molar-refractivity contribution in [2.24, 2.45) is 11.3 Å². The summed E-state index contributed by atoms with van der Waals surface area (Å²) in [7, 11) is 0. The first-order valence-electron chi connectivity index (χ1n) is 4.32. The van der Waals surface area contributed by atoms with Crippen LogP contribution in [0.4, 0.5) is 0 Å². The van der Waals surface area contributed by atoms with Crippen LogP contribution in [-0.4, -0.2) is 10.7 Å². The first-order chi connectivity index (χ1) is 5.44. The topological polar surface area (TPSA) is 20.2 Å². The van der Waals surface area contributed by atoms with Gasteiger partial charge < -0.3 is 5.11 Å². The Morgan fingerprint density at radius 3 is 2.50 bits per heavy atom. The summed E-state index contributed by atoms with van der Waals surface area (Å²) in [5.74, 6) is 2.67. The number of hydrogen-bond acceptors (Lipinski definition) is 1. The third-order valence-corrected chi connectivity index (χ3v) is 2.94. The van der Waals surface area contributed by atoms with Crippen LogP contribution in [0.25, 0.3) is 0 Å². The molecule has 2 unspecified atom stereocenters. The monoisotopic (exact) mass is 164 g/mol. The van der Waals surface area contributed by atoms with Gasteiger partial charge in [0.25, 0.3) is 0 Å². The summed E-state index contributed by atoms with van der Waals surface area (Å²) in [6.45, 7) is 5.93. The van der Waals surface area contributed by atoms with E-state index in [2.05, 4.69) is 12.0 Å². The molecule has 0 bridgehead atoms. The van der Waals surface area contributed by atoms with Crippen molar-refractivity contribution in [2.45, 2.75) is 32.8 Å². The Morgan fingerprint density at radius 2 is 2.17 bits per heavy atom. The zero-order valence-electron chi connectivity index (χ0n) is 7.96. The van der Waals surface area contributed by atoms with Gasteiger partial charge in [0.15, 0.2) is 0 Å².